The molecule has 1 aromatic rings. The molecule has 2 heterocycles. The summed E-state index contributed by atoms with van der Waals surface area (Å²) in [6, 6.07) is 4.40. The van der Waals surface area contributed by atoms with Crippen molar-refractivity contribution in [2.75, 3.05) is 24.5 Å². The van der Waals surface area contributed by atoms with Gasteiger partial charge in [0, 0.05) is 31.7 Å². The molecule has 0 spiro atoms. The molecule has 2 unspecified atom stereocenters. The fourth-order valence-corrected chi connectivity index (χ4v) is 2.19. The number of carbonyl (C=O) groups excluding carboxylic acids is 1. The van der Waals surface area contributed by atoms with Crippen LogP contribution < -0.4 is 15.5 Å². The van der Waals surface area contributed by atoms with Crippen LogP contribution in [0, 0.1) is 0 Å². The lowest BCUT2D eigenvalue weighted by molar-refractivity contribution is 0.0950. The van der Waals surface area contributed by atoms with Gasteiger partial charge in [-0.25, -0.2) is 0 Å². The number of aromatic nitrogens is 2. The summed E-state index contributed by atoms with van der Waals surface area (Å²) in [7, 11) is 0. The van der Waals surface area contributed by atoms with E-state index in [1.165, 1.54) is 0 Å². The highest BCUT2D eigenvalue weighted by molar-refractivity contribution is 5.92. The van der Waals surface area contributed by atoms with E-state index in [1.807, 2.05) is 13.0 Å². The first-order valence-corrected chi connectivity index (χ1v) is 6.73. The van der Waals surface area contributed by atoms with Gasteiger partial charge in [0.2, 0.25) is 0 Å². The van der Waals surface area contributed by atoms with Crippen molar-refractivity contribution in [2.24, 2.45) is 0 Å². The fourth-order valence-electron chi connectivity index (χ4n) is 2.19. The van der Waals surface area contributed by atoms with E-state index in [4.69, 9.17) is 0 Å². The number of hydrogen-bond acceptors (Lipinski definition) is 5. The predicted octanol–water partition coefficient (Wildman–Crippen LogP) is 0.413. The van der Waals surface area contributed by atoms with Gasteiger partial charge in [-0.05, 0) is 32.9 Å². The second-order valence-corrected chi connectivity index (χ2v) is 4.95. The van der Waals surface area contributed by atoms with Crippen LogP contribution in [0.1, 0.15) is 31.3 Å². The van der Waals surface area contributed by atoms with Crippen molar-refractivity contribution >= 4 is 11.7 Å². The molecule has 6 nitrogen and oxygen atoms in total. The molecule has 1 amide bonds. The molecule has 0 aromatic carbocycles. The van der Waals surface area contributed by atoms with Crippen molar-refractivity contribution < 1.29 is 4.79 Å². The van der Waals surface area contributed by atoms with Crippen LogP contribution in [0.5, 0.6) is 0 Å². The average Bonchev–Trinajstić information content (AvgIpc) is 2.42. The lowest BCUT2D eigenvalue weighted by atomic mass is 10.1. The Morgan fingerprint density at radius 2 is 2.26 bits per heavy atom. The SMILES string of the molecule is CCNC(=O)c1ccc(N2CC(C)NCC2C)nn1. The summed E-state index contributed by atoms with van der Waals surface area (Å²) in [6.45, 7) is 8.60. The molecular formula is C13H21N5O. The first kappa shape index (κ1) is 13.7. The third-order valence-corrected chi connectivity index (χ3v) is 3.28. The smallest absolute Gasteiger partial charge is 0.271 e. The molecular weight excluding hydrogens is 242 g/mol. The van der Waals surface area contributed by atoms with E-state index in [2.05, 4.69) is 39.6 Å². The van der Waals surface area contributed by atoms with Gasteiger partial charge in [0.25, 0.3) is 5.91 Å². The van der Waals surface area contributed by atoms with Gasteiger partial charge in [0.1, 0.15) is 0 Å². The third-order valence-electron chi connectivity index (χ3n) is 3.28. The Labute approximate surface area is 113 Å². The summed E-state index contributed by atoms with van der Waals surface area (Å²) in [4.78, 5) is 13.8. The minimum Gasteiger partial charge on any atom is -0.351 e. The maximum atomic E-state index is 11.6. The van der Waals surface area contributed by atoms with Crippen molar-refractivity contribution in [3.8, 4) is 0 Å². The predicted molar refractivity (Wildman–Crippen MR) is 74.3 cm³/mol. The molecule has 2 N–H and O–H groups in total. The van der Waals surface area contributed by atoms with Crippen LogP contribution in [-0.2, 0) is 0 Å². The van der Waals surface area contributed by atoms with Gasteiger partial charge in [-0.15, -0.1) is 10.2 Å². The van der Waals surface area contributed by atoms with Crippen molar-refractivity contribution in [3.05, 3.63) is 17.8 Å². The number of nitrogens with zero attached hydrogens (tertiary/aromatic N) is 3. The summed E-state index contributed by atoms with van der Waals surface area (Å²) in [5, 5.41) is 14.3. The average molecular weight is 263 g/mol. The van der Waals surface area contributed by atoms with Crippen LogP contribution in [-0.4, -0.2) is 47.8 Å². The van der Waals surface area contributed by atoms with Crippen LogP contribution in [0.15, 0.2) is 12.1 Å². The Balaban J connectivity index is 2.11. The Morgan fingerprint density at radius 3 is 2.89 bits per heavy atom. The van der Waals surface area contributed by atoms with Crippen molar-refractivity contribution in [1.82, 2.24) is 20.8 Å². The third kappa shape index (κ3) is 3.20. The molecule has 1 saturated heterocycles. The van der Waals surface area contributed by atoms with Crippen LogP contribution >= 0.6 is 0 Å². The first-order chi connectivity index (χ1) is 9.11. The first-order valence-electron chi connectivity index (χ1n) is 6.73. The Hall–Kier alpha value is -1.69. The molecule has 0 aliphatic carbocycles. The normalized spacial score (nSPS) is 23.2. The summed E-state index contributed by atoms with van der Waals surface area (Å²) < 4.78 is 0. The van der Waals surface area contributed by atoms with E-state index in [1.54, 1.807) is 6.07 Å². The van der Waals surface area contributed by atoms with E-state index in [-0.39, 0.29) is 5.91 Å². The number of anilines is 1. The minimum absolute atomic E-state index is 0.178. The number of rotatable bonds is 3. The monoisotopic (exact) mass is 263 g/mol. The molecule has 6 heteroatoms. The summed E-state index contributed by atoms with van der Waals surface area (Å²) in [6.07, 6.45) is 0. The summed E-state index contributed by atoms with van der Waals surface area (Å²) >= 11 is 0. The van der Waals surface area contributed by atoms with E-state index in [0.29, 0.717) is 24.3 Å². The number of amides is 1. The largest absolute Gasteiger partial charge is 0.351 e. The van der Waals surface area contributed by atoms with Crippen LogP contribution in [0.2, 0.25) is 0 Å². The minimum atomic E-state index is -0.178. The zero-order chi connectivity index (χ0) is 13.8. The highest BCUT2D eigenvalue weighted by Crippen LogP contribution is 2.16. The second kappa shape index (κ2) is 5.97. The number of carbonyl (C=O) groups is 1. The zero-order valence-electron chi connectivity index (χ0n) is 11.7. The molecule has 2 atom stereocenters. The fraction of sp³-hybridized carbons (Fsp3) is 0.615. The molecule has 1 aromatic heterocycles. The van der Waals surface area contributed by atoms with E-state index < -0.39 is 0 Å². The van der Waals surface area contributed by atoms with Gasteiger partial charge < -0.3 is 15.5 Å². The Morgan fingerprint density at radius 1 is 1.47 bits per heavy atom. The quantitative estimate of drug-likeness (QED) is 0.827. The molecule has 1 aliphatic rings. The maximum absolute atomic E-state index is 11.6. The van der Waals surface area contributed by atoms with E-state index in [0.717, 1.165) is 18.9 Å². The van der Waals surface area contributed by atoms with Gasteiger partial charge in [0.05, 0.1) is 0 Å². The lowest BCUT2D eigenvalue weighted by Crippen LogP contribution is -2.54. The molecule has 0 saturated carbocycles. The van der Waals surface area contributed by atoms with Crippen LogP contribution in [0.3, 0.4) is 0 Å². The molecule has 104 valence electrons. The molecule has 2 rings (SSSR count). The Bertz CT molecular complexity index is 433. The van der Waals surface area contributed by atoms with Gasteiger partial charge in [-0.2, -0.15) is 0 Å². The molecule has 0 bridgehead atoms. The van der Waals surface area contributed by atoms with Crippen LogP contribution in [0.4, 0.5) is 5.82 Å². The molecule has 1 fully saturated rings. The number of piperazine rings is 1. The summed E-state index contributed by atoms with van der Waals surface area (Å²) in [5.74, 6) is 0.650. The van der Waals surface area contributed by atoms with Gasteiger partial charge in [-0.3, -0.25) is 4.79 Å². The highest BCUT2D eigenvalue weighted by atomic mass is 16.1. The standard InChI is InChI=1S/C13H21N5O/c1-4-14-13(19)11-5-6-12(17-16-11)18-8-9(2)15-7-10(18)3/h5-6,9-10,15H,4,7-8H2,1-3H3,(H,14,19). The van der Waals surface area contributed by atoms with Crippen molar-refractivity contribution in [2.45, 2.75) is 32.9 Å². The number of hydrogen-bond donors (Lipinski definition) is 2. The van der Waals surface area contributed by atoms with Gasteiger partial charge >= 0.3 is 0 Å². The lowest BCUT2D eigenvalue weighted by Gasteiger charge is -2.38. The van der Waals surface area contributed by atoms with Crippen molar-refractivity contribution in [3.63, 3.8) is 0 Å². The van der Waals surface area contributed by atoms with E-state index in [9.17, 15) is 4.79 Å². The maximum Gasteiger partial charge on any atom is 0.271 e. The topological polar surface area (TPSA) is 70.2 Å². The zero-order valence-corrected chi connectivity index (χ0v) is 11.7. The van der Waals surface area contributed by atoms with Gasteiger partial charge in [-0.1, -0.05) is 0 Å². The second-order valence-electron chi connectivity index (χ2n) is 4.95. The highest BCUT2D eigenvalue weighted by Gasteiger charge is 2.23. The summed E-state index contributed by atoms with van der Waals surface area (Å²) in [5.41, 5.74) is 0.362. The molecule has 0 radical (unpaired) electrons. The Kier molecular flexibility index (Phi) is 4.31. The van der Waals surface area contributed by atoms with Crippen molar-refractivity contribution in [1.29, 1.82) is 0 Å². The number of nitrogens with one attached hydrogen (secondary N) is 2. The van der Waals surface area contributed by atoms with E-state index >= 15 is 0 Å². The van der Waals surface area contributed by atoms with Gasteiger partial charge in [0.15, 0.2) is 11.5 Å². The molecule has 19 heavy (non-hydrogen) atoms. The van der Waals surface area contributed by atoms with Crippen LogP contribution in [0.25, 0.3) is 0 Å². The molecule has 1 aliphatic heterocycles.